The maximum absolute atomic E-state index is 13.0. The molecule has 0 aliphatic carbocycles. The first-order valence-corrected chi connectivity index (χ1v) is 3.56. The lowest BCUT2D eigenvalue weighted by atomic mass is 10.2. The fourth-order valence-corrected chi connectivity index (χ4v) is 0.834. The molecular formula is C10H7FO2. The van der Waals surface area contributed by atoms with Crippen LogP contribution in [0.4, 0.5) is 4.39 Å². The van der Waals surface area contributed by atoms with E-state index in [-0.39, 0.29) is 5.56 Å². The highest BCUT2D eigenvalue weighted by Gasteiger charge is 1.99. The van der Waals surface area contributed by atoms with Crippen molar-refractivity contribution in [2.45, 2.75) is 0 Å². The van der Waals surface area contributed by atoms with Crippen LogP contribution in [0.3, 0.4) is 0 Å². The molecule has 0 spiro atoms. The zero-order valence-electron chi connectivity index (χ0n) is 7.00. The summed E-state index contributed by atoms with van der Waals surface area (Å²) in [5, 5.41) is 0. The zero-order valence-corrected chi connectivity index (χ0v) is 7.00. The van der Waals surface area contributed by atoms with Crippen LogP contribution in [0, 0.1) is 17.7 Å². The van der Waals surface area contributed by atoms with Crippen LogP contribution in [0.5, 0.6) is 5.75 Å². The van der Waals surface area contributed by atoms with E-state index in [1.54, 1.807) is 0 Å². The maximum atomic E-state index is 13.0. The number of carbonyl (C=O) groups excluding carboxylic acids is 1. The predicted molar refractivity (Wildman–Crippen MR) is 45.9 cm³/mol. The van der Waals surface area contributed by atoms with Gasteiger partial charge in [-0.05, 0) is 24.1 Å². The van der Waals surface area contributed by atoms with E-state index in [0.717, 1.165) is 0 Å². The Morgan fingerprint density at radius 3 is 2.92 bits per heavy atom. The van der Waals surface area contributed by atoms with Crippen LogP contribution in [0.25, 0.3) is 0 Å². The van der Waals surface area contributed by atoms with Crippen LogP contribution in [0.15, 0.2) is 18.2 Å². The van der Waals surface area contributed by atoms with Gasteiger partial charge in [0.05, 0.1) is 12.7 Å². The molecule has 0 aromatic heterocycles. The van der Waals surface area contributed by atoms with E-state index in [2.05, 4.69) is 11.8 Å². The minimum Gasteiger partial charge on any atom is -0.497 e. The molecule has 2 nitrogen and oxygen atoms in total. The van der Waals surface area contributed by atoms with Gasteiger partial charge in [-0.25, -0.2) is 4.39 Å². The fourth-order valence-electron chi connectivity index (χ4n) is 0.834. The number of carbonyl (C=O) groups is 1. The van der Waals surface area contributed by atoms with Crippen LogP contribution >= 0.6 is 0 Å². The third-order valence-electron chi connectivity index (χ3n) is 1.44. The summed E-state index contributed by atoms with van der Waals surface area (Å²) in [4.78, 5) is 9.92. The second kappa shape index (κ2) is 4.27. The van der Waals surface area contributed by atoms with Gasteiger partial charge in [0.25, 0.3) is 0 Å². The van der Waals surface area contributed by atoms with Crippen molar-refractivity contribution in [1.82, 2.24) is 0 Å². The van der Waals surface area contributed by atoms with Crippen molar-refractivity contribution in [3.8, 4) is 17.6 Å². The van der Waals surface area contributed by atoms with Crippen molar-refractivity contribution < 1.29 is 13.9 Å². The Morgan fingerprint density at radius 1 is 1.54 bits per heavy atom. The van der Waals surface area contributed by atoms with E-state index < -0.39 is 5.82 Å². The largest absolute Gasteiger partial charge is 0.497 e. The van der Waals surface area contributed by atoms with Gasteiger partial charge in [0.1, 0.15) is 11.6 Å². The first-order valence-electron chi connectivity index (χ1n) is 3.56. The fraction of sp³-hybridized carbons (Fsp3) is 0.100. The van der Waals surface area contributed by atoms with E-state index in [1.165, 1.54) is 25.3 Å². The van der Waals surface area contributed by atoms with Crippen molar-refractivity contribution in [3.05, 3.63) is 29.6 Å². The molecule has 66 valence electrons. The normalized spacial score (nSPS) is 8.46. The van der Waals surface area contributed by atoms with Gasteiger partial charge < -0.3 is 4.74 Å². The van der Waals surface area contributed by atoms with E-state index in [1.807, 2.05) is 0 Å². The maximum Gasteiger partial charge on any atom is 0.193 e. The summed E-state index contributed by atoms with van der Waals surface area (Å²) in [6.45, 7) is 0. The highest BCUT2D eigenvalue weighted by molar-refractivity contribution is 5.74. The van der Waals surface area contributed by atoms with Crippen LogP contribution in [-0.2, 0) is 4.79 Å². The highest BCUT2D eigenvalue weighted by Crippen LogP contribution is 2.15. The Labute approximate surface area is 75.3 Å². The molecule has 0 aliphatic heterocycles. The van der Waals surface area contributed by atoms with Crippen molar-refractivity contribution in [3.63, 3.8) is 0 Å². The molecule has 1 aromatic rings. The average Bonchev–Trinajstić information content (AvgIpc) is 2.17. The van der Waals surface area contributed by atoms with Gasteiger partial charge in [0.15, 0.2) is 6.29 Å². The van der Waals surface area contributed by atoms with Gasteiger partial charge in [0, 0.05) is 0 Å². The number of hydrogen-bond acceptors (Lipinski definition) is 2. The zero-order chi connectivity index (χ0) is 9.68. The lowest BCUT2D eigenvalue weighted by Gasteiger charge is -1.99. The van der Waals surface area contributed by atoms with Gasteiger partial charge in [-0.1, -0.05) is 5.92 Å². The molecule has 0 N–H and O–H groups in total. The molecule has 0 amide bonds. The Balaban J connectivity index is 3.10. The summed E-state index contributed by atoms with van der Waals surface area (Å²) in [7, 11) is 1.48. The molecule has 0 saturated carbocycles. The smallest absolute Gasteiger partial charge is 0.193 e. The molecule has 1 rings (SSSR count). The number of halogens is 1. The van der Waals surface area contributed by atoms with Gasteiger partial charge in [0.2, 0.25) is 0 Å². The number of aldehydes is 1. The third kappa shape index (κ3) is 2.31. The number of ether oxygens (including phenoxy) is 1. The van der Waals surface area contributed by atoms with Crippen LogP contribution in [0.2, 0.25) is 0 Å². The molecular weight excluding hydrogens is 171 g/mol. The van der Waals surface area contributed by atoms with Crippen LogP contribution in [-0.4, -0.2) is 13.4 Å². The van der Waals surface area contributed by atoms with E-state index in [4.69, 9.17) is 4.74 Å². The van der Waals surface area contributed by atoms with Crippen LogP contribution < -0.4 is 4.74 Å². The third-order valence-corrected chi connectivity index (χ3v) is 1.44. The first-order chi connectivity index (χ1) is 6.27. The monoisotopic (exact) mass is 178 g/mol. The number of benzene rings is 1. The minimum atomic E-state index is -0.463. The van der Waals surface area contributed by atoms with E-state index in [0.29, 0.717) is 12.0 Å². The molecule has 0 aliphatic rings. The molecule has 0 atom stereocenters. The molecule has 13 heavy (non-hydrogen) atoms. The van der Waals surface area contributed by atoms with Crippen molar-refractivity contribution in [1.29, 1.82) is 0 Å². The molecule has 0 bridgehead atoms. The number of rotatable bonds is 1. The van der Waals surface area contributed by atoms with Crippen molar-refractivity contribution >= 4 is 6.29 Å². The van der Waals surface area contributed by atoms with Crippen molar-refractivity contribution in [2.75, 3.05) is 7.11 Å². The van der Waals surface area contributed by atoms with Gasteiger partial charge >= 0.3 is 0 Å². The summed E-state index contributed by atoms with van der Waals surface area (Å²) in [5.74, 6) is 4.54. The first kappa shape index (κ1) is 9.27. The quantitative estimate of drug-likeness (QED) is 0.479. The number of methoxy groups -OCH3 is 1. The van der Waals surface area contributed by atoms with Gasteiger partial charge in [-0.3, -0.25) is 4.79 Å². The summed E-state index contributed by atoms with van der Waals surface area (Å²) < 4.78 is 17.8. The lowest BCUT2D eigenvalue weighted by Crippen LogP contribution is -1.87. The Morgan fingerprint density at radius 2 is 2.31 bits per heavy atom. The molecule has 0 fully saturated rings. The topological polar surface area (TPSA) is 26.3 Å². The standard InChI is InChI=1S/C10H7FO2/c1-13-9-4-5-10(11)8(7-9)3-2-6-12/h4-7H,1H3. The Kier molecular flexibility index (Phi) is 3.04. The van der Waals surface area contributed by atoms with Crippen molar-refractivity contribution in [2.24, 2.45) is 0 Å². The Hall–Kier alpha value is -1.82. The molecule has 0 radical (unpaired) electrons. The second-order valence-corrected chi connectivity index (χ2v) is 2.23. The summed E-state index contributed by atoms with van der Waals surface area (Å²) in [5.41, 5.74) is 0.159. The van der Waals surface area contributed by atoms with Gasteiger partial charge in [-0.2, -0.15) is 0 Å². The molecule has 0 unspecified atom stereocenters. The summed E-state index contributed by atoms with van der Waals surface area (Å²) >= 11 is 0. The summed E-state index contributed by atoms with van der Waals surface area (Å²) in [6.07, 6.45) is 0.416. The Bertz CT molecular complexity index is 374. The minimum absolute atomic E-state index is 0.159. The molecule has 0 heterocycles. The number of hydrogen-bond donors (Lipinski definition) is 0. The van der Waals surface area contributed by atoms with E-state index >= 15 is 0 Å². The second-order valence-electron chi connectivity index (χ2n) is 2.23. The molecule has 0 saturated heterocycles. The average molecular weight is 178 g/mol. The van der Waals surface area contributed by atoms with E-state index in [9.17, 15) is 9.18 Å². The molecule has 1 aromatic carbocycles. The van der Waals surface area contributed by atoms with Crippen LogP contribution in [0.1, 0.15) is 5.56 Å². The predicted octanol–water partition coefficient (Wildman–Crippen LogP) is 1.38. The highest BCUT2D eigenvalue weighted by atomic mass is 19.1. The summed E-state index contributed by atoms with van der Waals surface area (Å²) in [6, 6.07) is 4.17. The molecule has 3 heteroatoms. The lowest BCUT2D eigenvalue weighted by molar-refractivity contribution is -0.103. The SMILES string of the molecule is COc1ccc(F)c(C#CC=O)c1. The van der Waals surface area contributed by atoms with Gasteiger partial charge in [-0.15, -0.1) is 0 Å².